The smallest absolute Gasteiger partial charge is 0.339 e. The number of ether oxygens (including phenoxy) is 1. The van der Waals surface area contributed by atoms with E-state index in [0.717, 1.165) is 0 Å². The maximum absolute atomic E-state index is 14.4. The molecule has 7 heteroatoms. The Bertz CT molecular complexity index is 1390. The van der Waals surface area contributed by atoms with E-state index in [1.807, 2.05) is 13.0 Å². The summed E-state index contributed by atoms with van der Waals surface area (Å²) in [6.07, 6.45) is 2.78. The van der Waals surface area contributed by atoms with Gasteiger partial charge < -0.3 is 20.1 Å². The van der Waals surface area contributed by atoms with E-state index in [9.17, 15) is 24.9 Å². The van der Waals surface area contributed by atoms with Crippen LogP contribution in [-0.2, 0) is 9.53 Å². The molecule has 2 aromatic rings. The highest BCUT2D eigenvalue weighted by molar-refractivity contribution is 6.03. The van der Waals surface area contributed by atoms with Gasteiger partial charge in [-0.2, -0.15) is 0 Å². The summed E-state index contributed by atoms with van der Waals surface area (Å²) in [4.78, 5) is 32.3. The molecule has 0 saturated heterocycles. The quantitative estimate of drug-likeness (QED) is 0.435. The Hall–Kier alpha value is -2.87. The zero-order valence-electron chi connectivity index (χ0n) is 21.5. The number of carbonyl (C=O) groups is 2. The fourth-order valence-electron chi connectivity index (χ4n) is 8.04. The van der Waals surface area contributed by atoms with Crippen molar-refractivity contribution in [2.75, 3.05) is 6.61 Å². The van der Waals surface area contributed by atoms with Crippen LogP contribution in [0.5, 0.6) is 0 Å². The first-order valence-corrected chi connectivity index (χ1v) is 13.0. The lowest BCUT2D eigenvalue weighted by Crippen LogP contribution is -2.65. The summed E-state index contributed by atoms with van der Waals surface area (Å²) >= 11 is 0. The van der Waals surface area contributed by atoms with Gasteiger partial charge in [0.1, 0.15) is 6.10 Å². The summed E-state index contributed by atoms with van der Waals surface area (Å²) in [6.45, 7) is 7.46. The molecule has 8 unspecified atom stereocenters. The second-order valence-electron chi connectivity index (χ2n) is 12.0. The Balaban J connectivity index is 1.47. The molecule has 1 aromatic carbocycles. The molecule has 0 radical (unpaired) electrons. The first-order valence-electron chi connectivity index (χ1n) is 13.0. The van der Waals surface area contributed by atoms with E-state index in [-0.39, 0.29) is 40.1 Å². The lowest BCUT2D eigenvalue weighted by atomic mass is 9.59. The van der Waals surface area contributed by atoms with E-state index >= 15 is 0 Å². The topological polar surface area (TPSA) is 117 Å². The highest BCUT2D eigenvalue weighted by atomic mass is 16.6. The van der Waals surface area contributed by atoms with Gasteiger partial charge in [-0.3, -0.25) is 9.78 Å². The Labute approximate surface area is 215 Å². The average Bonchev–Trinajstić information content (AvgIpc) is 3.37. The fourth-order valence-corrected chi connectivity index (χ4v) is 8.04. The van der Waals surface area contributed by atoms with Gasteiger partial charge >= 0.3 is 5.97 Å². The zero-order valence-corrected chi connectivity index (χ0v) is 21.5. The minimum atomic E-state index is -2.16. The standard InChI is InChI=1S/C30H33NO6/c1-15-13-29-16(2)11-21-23(28(21,3)4)20(25(29)34)12-17(14-32)24(33)30(29,36)26(15)37-27(35)19-9-10-31-22-8-6-5-7-18(19)22/h5-10,12-13,16,20-21,23-24,26,32-33,36H,11,14H2,1-4H3. The van der Waals surface area contributed by atoms with Gasteiger partial charge in [-0.1, -0.05) is 51.1 Å². The molecule has 4 aliphatic carbocycles. The monoisotopic (exact) mass is 503 g/mol. The Morgan fingerprint density at radius 1 is 1.22 bits per heavy atom. The SMILES string of the molecule is CC1=CC23C(=O)C(C=C(CO)C(O)C2(O)C1OC(=O)c1ccnc2ccccc12)C1C(CC3C)C1(C)C. The minimum Gasteiger partial charge on any atom is -0.451 e. The second-order valence-corrected chi connectivity index (χ2v) is 12.0. The number of esters is 1. The van der Waals surface area contributed by atoms with Gasteiger partial charge in [0.05, 0.1) is 23.1 Å². The van der Waals surface area contributed by atoms with Crippen molar-refractivity contribution in [1.29, 1.82) is 0 Å². The number of aliphatic hydroxyl groups is 3. The number of hydrogen-bond donors (Lipinski definition) is 3. The maximum atomic E-state index is 14.4. The number of allylic oxidation sites excluding steroid dienone is 1. The van der Waals surface area contributed by atoms with Crippen molar-refractivity contribution in [1.82, 2.24) is 4.98 Å². The molecular weight excluding hydrogens is 470 g/mol. The number of ketones is 1. The third kappa shape index (κ3) is 2.96. The number of rotatable bonds is 3. The Morgan fingerprint density at radius 2 is 1.95 bits per heavy atom. The molecular formula is C30H33NO6. The molecule has 2 saturated carbocycles. The molecule has 7 nitrogen and oxygen atoms in total. The van der Waals surface area contributed by atoms with E-state index < -0.39 is 41.7 Å². The summed E-state index contributed by atoms with van der Waals surface area (Å²) in [5, 5.41) is 35.0. The van der Waals surface area contributed by atoms with Crippen molar-refractivity contribution in [3.05, 3.63) is 65.4 Å². The molecule has 1 heterocycles. The van der Waals surface area contributed by atoms with Gasteiger partial charge in [0.2, 0.25) is 0 Å². The number of carbonyl (C=O) groups excluding carboxylic acids is 2. The van der Waals surface area contributed by atoms with Gasteiger partial charge in [-0.05, 0) is 59.8 Å². The van der Waals surface area contributed by atoms with Gasteiger partial charge in [0.25, 0.3) is 0 Å². The molecule has 4 aliphatic rings. The molecule has 2 bridgehead atoms. The van der Waals surface area contributed by atoms with E-state index in [0.29, 0.717) is 22.9 Å². The third-order valence-electron chi connectivity index (χ3n) is 9.99. The summed E-state index contributed by atoms with van der Waals surface area (Å²) in [6, 6.07) is 8.76. The van der Waals surface area contributed by atoms with Crippen molar-refractivity contribution in [2.45, 2.75) is 51.9 Å². The number of pyridine rings is 1. The van der Waals surface area contributed by atoms with Crippen molar-refractivity contribution < 1.29 is 29.6 Å². The van der Waals surface area contributed by atoms with Crippen LogP contribution in [0.25, 0.3) is 10.9 Å². The van der Waals surface area contributed by atoms with Gasteiger partial charge in [-0.25, -0.2) is 4.79 Å². The third-order valence-corrected chi connectivity index (χ3v) is 9.99. The van der Waals surface area contributed by atoms with E-state index in [1.54, 1.807) is 43.3 Å². The predicted octanol–water partition coefficient (Wildman–Crippen LogP) is 3.23. The van der Waals surface area contributed by atoms with Crippen LogP contribution in [0.2, 0.25) is 0 Å². The number of para-hydroxylation sites is 1. The largest absolute Gasteiger partial charge is 0.451 e. The molecule has 2 fully saturated rings. The maximum Gasteiger partial charge on any atom is 0.339 e. The summed E-state index contributed by atoms with van der Waals surface area (Å²) in [5.41, 5.74) is -2.04. The number of Topliss-reactive ketones (excluding diaryl/α,β-unsaturated/α-hetero) is 1. The number of nitrogens with zero attached hydrogens (tertiary/aromatic N) is 1. The predicted molar refractivity (Wildman–Crippen MR) is 136 cm³/mol. The number of fused-ring (bicyclic) bond motifs is 4. The van der Waals surface area contributed by atoms with E-state index in [2.05, 4.69) is 18.8 Å². The second kappa shape index (κ2) is 7.82. The zero-order chi connectivity index (χ0) is 26.5. The first kappa shape index (κ1) is 24.5. The molecule has 0 amide bonds. The van der Waals surface area contributed by atoms with Crippen LogP contribution in [0.15, 0.2) is 59.8 Å². The number of aliphatic hydroxyl groups excluding tert-OH is 2. The summed E-state index contributed by atoms with van der Waals surface area (Å²) in [7, 11) is 0. The molecule has 0 aliphatic heterocycles. The van der Waals surface area contributed by atoms with Crippen molar-refractivity contribution >= 4 is 22.7 Å². The number of benzene rings is 1. The number of aromatic nitrogens is 1. The minimum absolute atomic E-state index is 0.0493. The fraction of sp³-hybridized carbons (Fsp3) is 0.500. The highest BCUT2D eigenvalue weighted by Gasteiger charge is 2.76. The van der Waals surface area contributed by atoms with Crippen LogP contribution < -0.4 is 0 Å². The Kier molecular flexibility index (Phi) is 5.17. The molecule has 194 valence electrons. The Morgan fingerprint density at radius 3 is 2.68 bits per heavy atom. The van der Waals surface area contributed by atoms with Crippen LogP contribution in [0.4, 0.5) is 0 Å². The van der Waals surface area contributed by atoms with Crippen LogP contribution in [-0.4, -0.2) is 56.5 Å². The molecule has 37 heavy (non-hydrogen) atoms. The normalized spacial score (nSPS) is 39.6. The van der Waals surface area contributed by atoms with Gasteiger partial charge in [0.15, 0.2) is 17.5 Å². The van der Waals surface area contributed by atoms with Crippen molar-refractivity contribution in [2.24, 2.45) is 34.5 Å². The molecule has 3 N–H and O–H groups in total. The summed E-state index contributed by atoms with van der Waals surface area (Å²) < 4.78 is 6.01. The molecule has 1 aromatic heterocycles. The van der Waals surface area contributed by atoms with Gasteiger partial charge in [-0.15, -0.1) is 0 Å². The highest BCUT2D eigenvalue weighted by Crippen LogP contribution is 2.71. The lowest BCUT2D eigenvalue weighted by Gasteiger charge is -2.48. The van der Waals surface area contributed by atoms with Crippen LogP contribution in [0, 0.1) is 34.5 Å². The van der Waals surface area contributed by atoms with Crippen molar-refractivity contribution in [3.8, 4) is 0 Å². The average molecular weight is 504 g/mol. The lowest BCUT2D eigenvalue weighted by molar-refractivity contribution is -0.190. The van der Waals surface area contributed by atoms with Gasteiger partial charge in [0, 0.05) is 17.5 Å². The van der Waals surface area contributed by atoms with Crippen LogP contribution >= 0.6 is 0 Å². The molecule has 1 spiro atoms. The first-order chi connectivity index (χ1) is 17.5. The van der Waals surface area contributed by atoms with E-state index in [1.165, 1.54) is 6.20 Å². The van der Waals surface area contributed by atoms with E-state index in [4.69, 9.17) is 4.74 Å². The van der Waals surface area contributed by atoms with Crippen molar-refractivity contribution in [3.63, 3.8) is 0 Å². The number of hydrogen-bond acceptors (Lipinski definition) is 7. The summed E-state index contributed by atoms with van der Waals surface area (Å²) in [5.74, 6) is -1.36. The van der Waals surface area contributed by atoms with Crippen LogP contribution in [0.1, 0.15) is 44.5 Å². The molecule has 6 rings (SSSR count). The molecule has 8 atom stereocenters. The van der Waals surface area contributed by atoms with Crippen LogP contribution in [0.3, 0.4) is 0 Å².